The quantitative estimate of drug-likeness (QED) is 0.171. The molecule has 13 nitrogen and oxygen atoms in total. The lowest BCUT2D eigenvalue weighted by molar-refractivity contribution is -0.186. The minimum atomic E-state index is -1.23. The van der Waals surface area contributed by atoms with E-state index in [1.54, 1.807) is 18.9 Å². The summed E-state index contributed by atoms with van der Waals surface area (Å²) in [5, 5.41) is 28.7. The summed E-state index contributed by atoms with van der Waals surface area (Å²) in [5.41, 5.74) is 6.07. The normalized spacial score (nSPS) is 29.6. The van der Waals surface area contributed by atoms with Crippen molar-refractivity contribution in [3.05, 3.63) is 75.0 Å². The van der Waals surface area contributed by atoms with E-state index < -0.39 is 47.1 Å². The van der Waals surface area contributed by atoms with Crippen LogP contribution in [-0.2, 0) is 32.7 Å². The van der Waals surface area contributed by atoms with Gasteiger partial charge in [-0.15, -0.1) is 11.8 Å². The zero-order valence-electron chi connectivity index (χ0n) is 30.6. The number of nitrogens with one attached hydrogen (secondary N) is 2. The Kier molecular flexibility index (Phi) is 7.58. The number of thioether (sulfide) groups is 1. The molecule has 54 heavy (non-hydrogen) atoms. The molecule has 3 aromatic carbocycles. The average Bonchev–Trinajstić information content (AvgIpc) is 3.80. The molecule has 2 fully saturated rings. The Balaban J connectivity index is 1.24. The molecule has 4 aromatic rings. The van der Waals surface area contributed by atoms with Gasteiger partial charge in [0, 0.05) is 58.4 Å². The highest BCUT2D eigenvalue weighted by Crippen LogP contribution is 2.64. The molecule has 0 aliphatic carbocycles. The summed E-state index contributed by atoms with van der Waals surface area (Å²) in [6.45, 7) is 5.54. The summed E-state index contributed by atoms with van der Waals surface area (Å²) in [7, 11) is 3.54. The van der Waals surface area contributed by atoms with Crippen molar-refractivity contribution in [3.8, 4) is 28.7 Å². The van der Waals surface area contributed by atoms with Crippen LogP contribution in [-0.4, -0.2) is 95.1 Å². The maximum absolute atomic E-state index is 14.8. The maximum atomic E-state index is 14.8. The number of aromatic nitrogens is 1. The number of esters is 2. The number of likely N-dealkylation sites (N-methyl/N-ethyl adjacent to an activating group) is 1. The summed E-state index contributed by atoms with van der Waals surface area (Å²) >= 11 is 1.54. The van der Waals surface area contributed by atoms with E-state index in [4.69, 9.17) is 23.7 Å². The van der Waals surface area contributed by atoms with Gasteiger partial charge in [-0.2, -0.15) is 0 Å². The number of aryl methyl sites for hydroxylation is 1. The number of aromatic amines is 1. The largest absolute Gasteiger partial charge is 0.504 e. The number of rotatable bonds is 2. The van der Waals surface area contributed by atoms with E-state index in [1.165, 1.54) is 6.92 Å². The van der Waals surface area contributed by atoms with Crippen LogP contribution < -0.4 is 24.3 Å². The van der Waals surface area contributed by atoms with Gasteiger partial charge in [0.25, 0.3) is 0 Å². The molecular weight excluding hydrogens is 713 g/mol. The fourth-order valence-electron chi connectivity index (χ4n) is 10.4. The van der Waals surface area contributed by atoms with Crippen LogP contribution in [0.5, 0.6) is 28.7 Å². The van der Waals surface area contributed by atoms with Crippen molar-refractivity contribution in [2.45, 2.75) is 74.8 Å². The first-order valence-corrected chi connectivity index (χ1v) is 19.5. The lowest BCUT2D eigenvalue weighted by Crippen LogP contribution is -2.70. The van der Waals surface area contributed by atoms with Crippen molar-refractivity contribution in [1.82, 2.24) is 20.1 Å². The SMILES string of the molecule is COc1c(C)cc2c(c1O)C1C3[C@@H]4SC[C@]5(NCCc6c5[nH]c5ccccc65)C(=O)OC[C@@H](c5c6c(c(C)c(OC(C)=O)c54)OCO6)N3[C@@H](O)[C@H](C2)N1C. The zero-order chi connectivity index (χ0) is 37.4. The number of aliphatic hydroxyl groups excluding tert-OH is 1. The van der Waals surface area contributed by atoms with E-state index in [-0.39, 0.29) is 30.9 Å². The summed E-state index contributed by atoms with van der Waals surface area (Å²) < 4.78 is 30.6. The number of aliphatic hydroxyl groups is 1. The second-order valence-corrected chi connectivity index (χ2v) is 16.4. The second kappa shape index (κ2) is 12.0. The van der Waals surface area contributed by atoms with E-state index in [0.29, 0.717) is 47.1 Å². The van der Waals surface area contributed by atoms with Crippen molar-refractivity contribution >= 4 is 34.6 Å². The third kappa shape index (κ3) is 4.42. The molecule has 0 saturated carbocycles. The number of fused-ring (bicyclic) bond motifs is 11. The molecule has 1 aromatic heterocycles. The van der Waals surface area contributed by atoms with E-state index >= 15 is 0 Å². The highest BCUT2D eigenvalue weighted by Gasteiger charge is 2.61. The number of hydrogen-bond donors (Lipinski definition) is 4. The fraction of sp³-hybridized carbons (Fsp3) is 0.450. The number of phenols is 1. The molecule has 282 valence electrons. The Morgan fingerprint density at radius 1 is 1.09 bits per heavy atom. The molecule has 4 N–H and O–H groups in total. The minimum Gasteiger partial charge on any atom is -0.504 e. The molecule has 11 rings (SSSR count). The average molecular weight is 755 g/mol. The third-order valence-electron chi connectivity index (χ3n) is 12.6. The van der Waals surface area contributed by atoms with Gasteiger partial charge in [-0.25, -0.2) is 4.79 Å². The van der Waals surface area contributed by atoms with Crippen LogP contribution in [0.4, 0.5) is 0 Å². The Morgan fingerprint density at radius 2 is 1.89 bits per heavy atom. The zero-order valence-corrected chi connectivity index (χ0v) is 31.5. The van der Waals surface area contributed by atoms with Crippen LogP contribution in [0, 0.1) is 13.8 Å². The number of carbonyl (C=O) groups excluding carboxylic acids is 2. The van der Waals surface area contributed by atoms with Gasteiger partial charge in [-0.3, -0.25) is 19.9 Å². The number of methoxy groups -OCH3 is 1. The number of piperazine rings is 1. The molecule has 2 unspecified atom stereocenters. The number of ether oxygens (including phenoxy) is 5. The van der Waals surface area contributed by atoms with Gasteiger partial charge in [0.05, 0.1) is 36.2 Å². The lowest BCUT2D eigenvalue weighted by atomic mass is 9.73. The van der Waals surface area contributed by atoms with E-state index in [9.17, 15) is 19.8 Å². The van der Waals surface area contributed by atoms with Crippen LogP contribution in [0.2, 0.25) is 0 Å². The molecule has 7 aliphatic rings. The van der Waals surface area contributed by atoms with Gasteiger partial charge in [-0.1, -0.05) is 24.3 Å². The first kappa shape index (κ1) is 34.1. The molecule has 7 aliphatic heterocycles. The van der Waals surface area contributed by atoms with Crippen molar-refractivity contribution in [2.75, 3.05) is 39.9 Å². The van der Waals surface area contributed by atoms with Gasteiger partial charge in [0.15, 0.2) is 28.5 Å². The molecule has 8 heterocycles. The van der Waals surface area contributed by atoms with E-state index in [1.807, 2.05) is 44.0 Å². The van der Waals surface area contributed by atoms with Crippen molar-refractivity contribution in [2.24, 2.45) is 0 Å². The first-order valence-electron chi connectivity index (χ1n) is 18.4. The van der Waals surface area contributed by atoms with Crippen LogP contribution >= 0.6 is 11.8 Å². The number of para-hydroxylation sites is 1. The Hall–Kier alpha value is -4.47. The van der Waals surface area contributed by atoms with Crippen molar-refractivity contribution < 1.29 is 43.5 Å². The molecule has 4 bridgehead atoms. The molecule has 0 amide bonds. The number of carbonyl (C=O) groups is 2. The number of aromatic hydroxyl groups is 1. The standard InChI is InChI=1S/C40H42N4O9S/c1-17-12-20-13-24-38(47)44-25-14-50-39(48)40(37-22(10-11-41-40)21-8-6-7-9-23(21)42-37)15-54-36(30(44)29(43(24)4)26(20)31(46)32(17)49-5)28-27(25)35-34(51-16-52-35)18(2)33(28)53-19(3)45/h6-9,12,24-25,29-30,36,38,41-42,46-47H,10-11,13-16H2,1-5H3/t24-,25-,29?,30?,36+,38-,40+/m0/s1. The Morgan fingerprint density at radius 3 is 2.69 bits per heavy atom. The molecule has 14 heteroatoms. The molecular formula is C40H42N4O9S. The number of hydrogen-bond acceptors (Lipinski definition) is 13. The van der Waals surface area contributed by atoms with Crippen LogP contribution in [0.25, 0.3) is 10.9 Å². The highest BCUT2D eigenvalue weighted by molar-refractivity contribution is 7.99. The van der Waals surface area contributed by atoms with Gasteiger partial charge < -0.3 is 38.9 Å². The summed E-state index contributed by atoms with van der Waals surface area (Å²) in [5.74, 6) is 1.13. The van der Waals surface area contributed by atoms with Gasteiger partial charge >= 0.3 is 11.9 Å². The third-order valence-corrected chi connectivity index (χ3v) is 14.1. The van der Waals surface area contributed by atoms with Crippen molar-refractivity contribution in [1.29, 1.82) is 0 Å². The minimum absolute atomic E-state index is 0.0347. The van der Waals surface area contributed by atoms with Gasteiger partial charge in [0.2, 0.25) is 6.79 Å². The monoisotopic (exact) mass is 754 g/mol. The number of phenolic OH excluding ortho intramolecular Hbond substituents is 1. The van der Waals surface area contributed by atoms with E-state index in [0.717, 1.165) is 50.8 Å². The first-order chi connectivity index (χ1) is 26.1. The van der Waals surface area contributed by atoms with Gasteiger partial charge in [0.1, 0.15) is 18.6 Å². The smallest absolute Gasteiger partial charge is 0.333 e. The molecule has 1 spiro atoms. The summed E-state index contributed by atoms with van der Waals surface area (Å²) in [6, 6.07) is 8.07. The number of H-pyrrole nitrogens is 1. The summed E-state index contributed by atoms with van der Waals surface area (Å²) in [4.78, 5) is 35.5. The predicted octanol–water partition coefficient (Wildman–Crippen LogP) is 4.18. The molecule has 0 radical (unpaired) electrons. The van der Waals surface area contributed by atoms with Crippen molar-refractivity contribution in [3.63, 3.8) is 0 Å². The van der Waals surface area contributed by atoms with Gasteiger partial charge in [-0.05, 0) is 56.5 Å². The fourth-order valence-corrected chi connectivity index (χ4v) is 12.1. The lowest BCUT2D eigenvalue weighted by Gasteiger charge is -2.62. The topological polar surface area (TPSA) is 155 Å². The van der Waals surface area contributed by atoms with Crippen LogP contribution in [0.3, 0.4) is 0 Å². The van der Waals surface area contributed by atoms with Crippen LogP contribution in [0.1, 0.15) is 68.9 Å². The molecule has 2 saturated heterocycles. The van der Waals surface area contributed by atoms with E-state index in [2.05, 4.69) is 27.3 Å². The maximum Gasteiger partial charge on any atom is 0.333 e. The molecule has 7 atom stereocenters. The highest BCUT2D eigenvalue weighted by atomic mass is 32.2. The number of benzene rings is 3. The second-order valence-electron chi connectivity index (χ2n) is 15.3. The Labute approximate surface area is 315 Å². The van der Waals surface area contributed by atoms with Crippen LogP contribution in [0.15, 0.2) is 30.3 Å². The Bertz CT molecular complexity index is 2290. The predicted molar refractivity (Wildman–Crippen MR) is 198 cm³/mol. The number of nitrogens with zero attached hydrogens (tertiary/aromatic N) is 2. The summed E-state index contributed by atoms with van der Waals surface area (Å²) in [6.07, 6.45) is 0.205.